The van der Waals surface area contributed by atoms with Crippen LogP contribution in [0.3, 0.4) is 0 Å². The van der Waals surface area contributed by atoms with E-state index in [1.54, 1.807) is 19.2 Å². The number of hydrogen-bond acceptors (Lipinski definition) is 5. The number of hydrogen-bond donors (Lipinski definition) is 1. The van der Waals surface area contributed by atoms with Gasteiger partial charge < -0.3 is 10.5 Å². The van der Waals surface area contributed by atoms with Crippen molar-refractivity contribution < 1.29 is 13.2 Å². The maximum absolute atomic E-state index is 12.4. The number of rotatable bonds is 5. The van der Waals surface area contributed by atoms with Gasteiger partial charge >= 0.3 is 0 Å². The standard InChI is InChI=1S/C12H20N2O3S2/c1-14(8-10-3-2-6-17-9-10)19(15,16)12-5-4-11(7-13)18-12/h4-5,10H,2-3,6-9,13H2,1H3. The van der Waals surface area contributed by atoms with Crippen molar-refractivity contribution >= 4 is 21.4 Å². The van der Waals surface area contributed by atoms with Crippen LogP contribution in [0.25, 0.3) is 0 Å². The van der Waals surface area contributed by atoms with E-state index >= 15 is 0 Å². The fourth-order valence-electron chi connectivity index (χ4n) is 2.17. The van der Waals surface area contributed by atoms with Gasteiger partial charge in [0.05, 0.1) is 6.61 Å². The van der Waals surface area contributed by atoms with Gasteiger partial charge in [0.1, 0.15) is 4.21 Å². The second-order valence-corrected chi connectivity index (χ2v) is 8.23. The lowest BCUT2D eigenvalue weighted by Gasteiger charge is -2.26. The van der Waals surface area contributed by atoms with Crippen LogP contribution in [0.5, 0.6) is 0 Å². The van der Waals surface area contributed by atoms with Crippen molar-refractivity contribution in [1.29, 1.82) is 0 Å². The number of thiophene rings is 1. The first-order valence-electron chi connectivity index (χ1n) is 6.37. The van der Waals surface area contributed by atoms with Crippen LogP contribution < -0.4 is 5.73 Å². The molecule has 0 spiro atoms. The molecule has 0 aliphatic carbocycles. The highest BCUT2D eigenvalue weighted by Crippen LogP contribution is 2.25. The van der Waals surface area contributed by atoms with E-state index in [4.69, 9.17) is 10.5 Å². The van der Waals surface area contributed by atoms with Crippen LogP contribution in [0.15, 0.2) is 16.3 Å². The lowest BCUT2D eigenvalue weighted by atomic mass is 10.0. The molecule has 1 unspecified atom stereocenters. The van der Waals surface area contributed by atoms with Gasteiger partial charge in [0.25, 0.3) is 10.0 Å². The average Bonchev–Trinajstić information content (AvgIpc) is 2.89. The molecule has 1 saturated heterocycles. The van der Waals surface area contributed by atoms with Crippen LogP contribution in [-0.4, -0.2) is 39.5 Å². The first kappa shape index (κ1) is 14.9. The first-order chi connectivity index (χ1) is 9.04. The van der Waals surface area contributed by atoms with Crippen molar-refractivity contribution in [3.63, 3.8) is 0 Å². The molecule has 0 aromatic carbocycles. The highest BCUT2D eigenvalue weighted by atomic mass is 32.2. The van der Waals surface area contributed by atoms with Crippen LogP contribution >= 0.6 is 11.3 Å². The summed E-state index contributed by atoms with van der Waals surface area (Å²) in [5.41, 5.74) is 5.52. The molecule has 1 atom stereocenters. The third kappa shape index (κ3) is 3.55. The molecule has 2 heterocycles. The van der Waals surface area contributed by atoms with Gasteiger partial charge in [0, 0.05) is 31.6 Å². The van der Waals surface area contributed by atoms with E-state index in [0.29, 0.717) is 29.8 Å². The van der Waals surface area contributed by atoms with Gasteiger partial charge in [0.15, 0.2) is 0 Å². The molecule has 1 aromatic heterocycles. The molecule has 1 aromatic rings. The lowest BCUT2D eigenvalue weighted by Crippen LogP contribution is -2.34. The van der Waals surface area contributed by atoms with E-state index in [9.17, 15) is 8.42 Å². The third-order valence-electron chi connectivity index (χ3n) is 3.27. The Balaban J connectivity index is 2.05. The van der Waals surface area contributed by atoms with E-state index in [2.05, 4.69) is 0 Å². The van der Waals surface area contributed by atoms with Gasteiger partial charge in [-0.25, -0.2) is 8.42 Å². The number of ether oxygens (including phenoxy) is 1. The smallest absolute Gasteiger partial charge is 0.252 e. The maximum atomic E-state index is 12.4. The average molecular weight is 304 g/mol. The van der Waals surface area contributed by atoms with Crippen LogP contribution in [0.2, 0.25) is 0 Å². The lowest BCUT2D eigenvalue weighted by molar-refractivity contribution is 0.0495. The third-order valence-corrected chi connectivity index (χ3v) is 6.67. The van der Waals surface area contributed by atoms with Crippen LogP contribution in [-0.2, 0) is 21.3 Å². The quantitative estimate of drug-likeness (QED) is 0.888. The van der Waals surface area contributed by atoms with Gasteiger partial charge in [-0.1, -0.05) is 0 Å². The molecular weight excluding hydrogens is 284 g/mol. The number of nitrogens with two attached hydrogens (primary N) is 1. The van der Waals surface area contributed by atoms with Crippen molar-refractivity contribution in [2.45, 2.75) is 23.6 Å². The molecule has 0 radical (unpaired) electrons. The Morgan fingerprint density at radius 2 is 2.32 bits per heavy atom. The Bertz CT molecular complexity index is 507. The Morgan fingerprint density at radius 3 is 2.89 bits per heavy atom. The fourth-order valence-corrected chi connectivity index (χ4v) is 4.87. The zero-order valence-corrected chi connectivity index (χ0v) is 12.7. The minimum absolute atomic E-state index is 0.294. The van der Waals surface area contributed by atoms with E-state index in [1.165, 1.54) is 15.6 Å². The molecule has 2 rings (SSSR count). The Morgan fingerprint density at radius 1 is 1.53 bits per heavy atom. The highest BCUT2D eigenvalue weighted by Gasteiger charge is 2.26. The van der Waals surface area contributed by atoms with Crippen molar-refractivity contribution in [1.82, 2.24) is 4.31 Å². The van der Waals surface area contributed by atoms with Gasteiger partial charge in [-0.3, -0.25) is 0 Å². The Kier molecular flexibility index (Phi) is 4.97. The molecule has 0 saturated carbocycles. The molecule has 2 N–H and O–H groups in total. The Hall–Kier alpha value is -0.470. The molecule has 19 heavy (non-hydrogen) atoms. The minimum Gasteiger partial charge on any atom is -0.381 e. The predicted octanol–water partition coefficient (Wildman–Crippen LogP) is 1.25. The van der Waals surface area contributed by atoms with Crippen molar-refractivity contribution in [3.8, 4) is 0 Å². The van der Waals surface area contributed by atoms with Crippen LogP contribution in [0.4, 0.5) is 0 Å². The monoisotopic (exact) mass is 304 g/mol. The second-order valence-electron chi connectivity index (χ2n) is 4.79. The molecule has 0 bridgehead atoms. The van der Waals surface area contributed by atoms with E-state index < -0.39 is 10.0 Å². The molecule has 1 aliphatic heterocycles. The summed E-state index contributed by atoms with van der Waals surface area (Å²) in [7, 11) is -1.76. The van der Waals surface area contributed by atoms with E-state index in [1.807, 2.05) is 0 Å². The van der Waals surface area contributed by atoms with Gasteiger partial charge in [-0.15, -0.1) is 11.3 Å². The highest BCUT2D eigenvalue weighted by molar-refractivity contribution is 7.91. The van der Waals surface area contributed by atoms with Gasteiger partial charge in [-0.05, 0) is 30.9 Å². The van der Waals surface area contributed by atoms with Crippen molar-refractivity contribution in [3.05, 3.63) is 17.0 Å². The number of sulfonamides is 1. The first-order valence-corrected chi connectivity index (χ1v) is 8.62. The molecule has 1 aliphatic rings. The summed E-state index contributed by atoms with van der Waals surface area (Å²) in [5.74, 6) is 0.294. The SMILES string of the molecule is CN(CC1CCCOC1)S(=O)(=O)c1ccc(CN)s1. The zero-order valence-electron chi connectivity index (χ0n) is 11.0. The predicted molar refractivity (Wildman–Crippen MR) is 75.6 cm³/mol. The molecular formula is C12H20N2O3S2. The fraction of sp³-hybridized carbons (Fsp3) is 0.667. The summed E-state index contributed by atoms with van der Waals surface area (Å²) in [6, 6.07) is 3.41. The maximum Gasteiger partial charge on any atom is 0.252 e. The van der Waals surface area contributed by atoms with E-state index in [0.717, 1.165) is 24.3 Å². The molecule has 1 fully saturated rings. The summed E-state index contributed by atoms with van der Waals surface area (Å²) in [4.78, 5) is 0.882. The second kappa shape index (κ2) is 6.32. The molecule has 0 amide bonds. The van der Waals surface area contributed by atoms with Gasteiger partial charge in [-0.2, -0.15) is 4.31 Å². The number of nitrogens with zero attached hydrogens (tertiary/aromatic N) is 1. The zero-order chi connectivity index (χ0) is 13.9. The van der Waals surface area contributed by atoms with Gasteiger partial charge in [0.2, 0.25) is 0 Å². The summed E-state index contributed by atoms with van der Waals surface area (Å²) >= 11 is 1.24. The summed E-state index contributed by atoms with van der Waals surface area (Å²) in [6.45, 7) is 2.33. The normalized spacial score (nSPS) is 20.9. The van der Waals surface area contributed by atoms with E-state index in [-0.39, 0.29) is 0 Å². The van der Waals surface area contributed by atoms with Crippen molar-refractivity contribution in [2.24, 2.45) is 11.7 Å². The largest absolute Gasteiger partial charge is 0.381 e. The summed E-state index contributed by atoms with van der Waals surface area (Å²) < 4.78 is 32.0. The molecule has 7 heteroatoms. The Labute approximate surface area is 118 Å². The topological polar surface area (TPSA) is 72.6 Å². The molecule has 5 nitrogen and oxygen atoms in total. The minimum atomic E-state index is -3.39. The van der Waals surface area contributed by atoms with Crippen LogP contribution in [0.1, 0.15) is 17.7 Å². The molecule has 108 valence electrons. The van der Waals surface area contributed by atoms with Crippen molar-refractivity contribution in [2.75, 3.05) is 26.8 Å². The van der Waals surface area contributed by atoms with Crippen LogP contribution in [0, 0.1) is 5.92 Å². The summed E-state index contributed by atoms with van der Waals surface area (Å²) in [6.07, 6.45) is 2.03. The summed E-state index contributed by atoms with van der Waals surface area (Å²) in [5, 5.41) is 0.